The van der Waals surface area contributed by atoms with Crippen molar-refractivity contribution in [2.45, 2.75) is 6.42 Å². The summed E-state index contributed by atoms with van der Waals surface area (Å²) in [5, 5.41) is 28.4. The molecule has 3 N–H and O–H groups in total. The molecule has 0 radical (unpaired) electrons. The molecular formula is C14H12O7. The minimum absolute atomic E-state index is 0.0561. The summed E-state index contributed by atoms with van der Waals surface area (Å²) in [6, 6.07) is 4.65. The smallest absolute Gasteiger partial charge is 0.373 e. The number of ketones is 1. The Kier molecular flexibility index (Phi) is 3.84. The van der Waals surface area contributed by atoms with Gasteiger partial charge in [-0.3, -0.25) is 4.79 Å². The topological polar surface area (TPSA) is 117 Å². The van der Waals surface area contributed by atoms with Gasteiger partial charge in [-0.25, -0.2) is 4.79 Å². The number of ether oxygens (including phenoxy) is 1. The highest BCUT2D eigenvalue weighted by atomic mass is 16.5. The summed E-state index contributed by atoms with van der Waals surface area (Å²) >= 11 is 0. The van der Waals surface area contributed by atoms with Gasteiger partial charge in [-0.05, 0) is 12.1 Å². The molecule has 0 saturated carbocycles. The van der Waals surface area contributed by atoms with E-state index in [4.69, 9.17) is 4.42 Å². The van der Waals surface area contributed by atoms with Crippen molar-refractivity contribution in [3.8, 4) is 17.2 Å². The van der Waals surface area contributed by atoms with Crippen LogP contribution in [0.3, 0.4) is 0 Å². The molecule has 0 atom stereocenters. The number of rotatable bonds is 4. The van der Waals surface area contributed by atoms with Crippen LogP contribution < -0.4 is 0 Å². The van der Waals surface area contributed by atoms with Crippen LogP contribution in [0.25, 0.3) is 0 Å². The van der Waals surface area contributed by atoms with E-state index in [2.05, 4.69) is 4.74 Å². The SMILES string of the molecule is COC(=O)c1ccc(CC(=O)c2c(O)cc(O)cc2O)o1. The number of phenolic OH excluding ortho intramolecular Hbond substituents is 3. The summed E-state index contributed by atoms with van der Waals surface area (Å²) in [6.45, 7) is 0. The number of Topliss-reactive ketones (excluding diaryl/α,β-unsaturated/α-hetero) is 1. The van der Waals surface area contributed by atoms with Crippen LogP contribution in [0.2, 0.25) is 0 Å². The first-order chi connectivity index (χ1) is 9.92. The summed E-state index contributed by atoms with van der Waals surface area (Å²) < 4.78 is 9.59. The van der Waals surface area contributed by atoms with Gasteiger partial charge in [0.1, 0.15) is 28.6 Å². The minimum atomic E-state index is -0.677. The molecule has 1 aromatic heterocycles. The van der Waals surface area contributed by atoms with Crippen LogP contribution >= 0.6 is 0 Å². The van der Waals surface area contributed by atoms with Crippen LogP contribution in [0.4, 0.5) is 0 Å². The summed E-state index contributed by atoms with van der Waals surface area (Å²) in [6.07, 6.45) is -0.275. The first-order valence-corrected chi connectivity index (χ1v) is 5.87. The molecule has 0 amide bonds. The predicted molar refractivity (Wildman–Crippen MR) is 69.5 cm³/mol. The van der Waals surface area contributed by atoms with Gasteiger partial charge in [-0.2, -0.15) is 0 Å². The molecule has 110 valence electrons. The predicted octanol–water partition coefficient (Wildman–Crippen LogP) is 1.61. The quantitative estimate of drug-likeness (QED) is 0.578. The van der Waals surface area contributed by atoms with E-state index in [1.165, 1.54) is 19.2 Å². The highest BCUT2D eigenvalue weighted by Gasteiger charge is 2.20. The molecule has 0 aliphatic heterocycles. The summed E-state index contributed by atoms with van der Waals surface area (Å²) in [7, 11) is 1.20. The zero-order valence-corrected chi connectivity index (χ0v) is 11.0. The van der Waals surface area contributed by atoms with Crippen LogP contribution in [0.15, 0.2) is 28.7 Å². The number of methoxy groups -OCH3 is 1. The molecule has 0 fully saturated rings. The fourth-order valence-corrected chi connectivity index (χ4v) is 1.81. The fourth-order valence-electron chi connectivity index (χ4n) is 1.81. The molecule has 1 aromatic carbocycles. The molecule has 1 heterocycles. The highest BCUT2D eigenvalue weighted by molar-refractivity contribution is 6.02. The number of carbonyl (C=O) groups is 2. The van der Waals surface area contributed by atoms with E-state index in [-0.39, 0.29) is 29.3 Å². The van der Waals surface area contributed by atoms with Crippen molar-refractivity contribution >= 4 is 11.8 Å². The zero-order chi connectivity index (χ0) is 15.6. The average molecular weight is 292 g/mol. The lowest BCUT2D eigenvalue weighted by atomic mass is 10.0. The molecule has 0 aliphatic carbocycles. The van der Waals surface area contributed by atoms with Crippen molar-refractivity contribution in [1.82, 2.24) is 0 Å². The van der Waals surface area contributed by atoms with Gasteiger partial charge in [-0.1, -0.05) is 0 Å². The Labute approximate surface area is 119 Å². The Balaban J connectivity index is 2.23. The average Bonchev–Trinajstić information content (AvgIpc) is 2.85. The number of esters is 1. The van der Waals surface area contributed by atoms with Gasteiger partial charge in [0.15, 0.2) is 5.78 Å². The normalized spacial score (nSPS) is 10.3. The highest BCUT2D eigenvalue weighted by Crippen LogP contribution is 2.32. The summed E-state index contributed by atoms with van der Waals surface area (Å²) in [4.78, 5) is 23.3. The van der Waals surface area contributed by atoms with Crippen LogP contribution in [-0.2, 0) is 11.2 Å². The van der Waals surface area contributed by atoms with Gasteiger partial charge in [0.05, 0.1) is 13.5 Å². The van der Waals surface area contributed by atoms with E-state index in [1.807, 2.05) is 0 Å². The fraction of sp³-hybridized carbons (Fsp3) is 0.143. The zero-order valence-electron chi connectivity index (χ0n) is 11.0. The van der Waals surface area contributed by atoms with Crippen molar-refractivity contribution in [2.24, 2.45) is 0 Å². The van der Waals surface area contributed by atoms with E-state index >= 15 is 0 Å². The first-order valence-electron chi connectivity index (χ1n) is 5.87. The maximum absolute atomic E-state index is 12.0. The van der Waals surface area contributed by atoms with E-state index in [0.29, 0.717) is 0 Å². The van der Waals surface area contributed by atoms with Gasteiger partial charge in [0.2, 0.25) is 5.76 Å². The second kappa shape index (κ2) is 5.58. The maximum Gasteiger partial charge on any atom is 0.373 e. The third-order valence-electron chi connectivity index (χ3n) is 2.74. The summed E-state index contributed by atoms with van der Waals surface area (Å²) in [5.74, 6) is -2.64. The van der Waals surface area contributed by atoms with Crippen LogP contribution in [0.5, 0.6) is 17.2 Å². The molecule has 7 nitrogen and oxygen atoms in total. The number of hydrogen-bond acceptors (Lipinski definition) is 7. The largest absolute Gasteiger partial charge is 0.508 e. The molecule has 21 heavy (non-hydrogen) atoms. The van der Waals surface area contributed by atoms with Gasteiger partial charge in [-0.15, -0.1) is 0 Å². The van der Waals surface area contributed by atoms with Gasteiger partial charge in [0.25, 0.3) is 0 Å². The Hall–Kier alpha value is -2.96. The molecular weight excluding hydrogens is 280 g/mol. The third kappa shape index (κ3) is 2.97. The lowest BCUT2D eigenvalue weighted by Crippen LogP contribution is -2.04. The molecule has 2 rings (SSSR count). The van der Waals surface area contributed by atoms with E-state index in [0.717, 1.165) is 12.1 Å². The number of aromatic hydroxyl groups is 3. The van der Waals surface area contributed by atoms with Crippen LogP contribution in [0.1, 0.15) is 26.7 Å². The van der Waals surface area contributed by atoms with Gasteiger partial charge >= 0.3 is 5.97 Å². The van der Waals surface area contributed by atoms with Gasteiger partial charge in [0, 0.05) is 12.1 Å². The molecule has 2 aromatic rings. The molecule has 0 bridgehead atoms. The molecule has 0 aliphatic rings. The lowest BCUT2D eigenvalue weighted by molar-refractivity contribution is 0.0562. The van der Waals surface area contributed by atoms with Crippen LogP contribution in [0, 0.1) is 0 Å². The Bertz CT molecular complexity index is 676. The van der Waals surface area contributed by atoms with Crippen molar-refractivity contribution in [1.29, 1.82) is 0 Å². The second-order valence-corrected chi connectivity index (χ2v) is 4.22. The third-order valence-corrected chi connectivity index (χ3v) is 2.74. The molecule has 0 spiro atoms. The number of hydrogen-bond donors (Lipinski definition) is 3. The van der Waals surface area contributed by atoms with E-state index in [9.17, 15) is 24.9 Å². The van der Waals surface area contributed by atoms with Crippen molar-refractivity contribution in [3.63, 3.8) is 0 Å². The number of benzene rings is 1. The van der Waals surface area contributed by atoms with Gasteiger partial charge < -0.3 is 24.5 Å². The number of phenols is 3. The molecule has 7 heteroatoms. The Morgan fingerprint density at radius 3 is 2.33 bits per heavy atom. The number of carbonyl (C=O) groups excluding carboxylic acids is 2. The summed E-state index contributed by atoms with van der Waals surface area (Å²) in [5.41, 5.74) is -0.330. The van der Waals surface area contributed by atoms with Crippen LogP contribution in [-0.4, -0.2) is 34.2 Å². The lowest BCUT2D eigenvalue weighted by Gasteiger charge is -2.06. The maximum atomic E-state index is 12.0. The minimum Gasteiger partial charge on any atom is -0.508 e. The standard InChI is InChI=1S/C14H12O7/c1-20-14(19)12-3-2-8(21-12)6-11(18)13-9(16)4-7(15)5-10(13)17/h2-5,15-17H,6H2,1H3. The van der Waals surface area contributed by atoms with Crippen molar-refractivity contribution in [2.75, 3.05) is 7.11 Å². The monoisotopic (exact) mass is 292 g/mol. The Morgan fingerprint density at radius 1 is 1.14 bits per heavy atom. The molecule has 0 unspecified atom stereocenters. The second-order valence-electron chi connectivity index (χ2n) is 4.22. The van der Waals surface area contributed by atoms with E-state index in [1.54, 1.807) is 0 Å². The number of furan rings is 1. The van der Waals surface area contributed by atoms with Crippen molar-refractivity contribution in [3.05, 3.63) is 41.3 Å². The first kappa shape index (κ1) is 14.4. The van der Waals surface area contributed by atoms with Crippen molar-refractivity contribution < 1.29 is 34.1 Å². The molecule has 0 saturated heterocycles. The Morgan fingerprint density at radius 2 is 1.76 bits per heavy atom. The van der Waals surface area contributed by atoms with E-state index < -0.39 is 23.3 Å².